The molecule has 0 aromatic heterocycles. The lowest BCUT2D eigenvalue weighted by atomic mass is 10.1. The molecule has 1 N–H and O–H groups in total. The van der Waals surface area contributed by atoms with Gasteiger partial charge >= 0.3 is 0 Å². The molecule has 3 rings (SSSR count). The second kappa shape index (κ2) is 7.97. The highest BCUT2D eigenvalue weighted by Gasteiger charge is 2.33. The van der Waals surface area contributed by atoms with E-state index in [1.165, 1.54) is 12.1 Å². The van der Waals surface area contributed by atoms with Gasteiger partial charge < -0.3 is 5.32 Å². The number of benzene rings is 2. The third kappa shape index (κ3) is 4.89. The molecule has 5 nitrogen and oxygen atoms in total. The van der Waals surface area contributed by atoms with Crippen LogP contribution in [0.5, 0.6) is 0 Å². The highest BCUT2D eigenvalue weighted by molar-refractivity contribution is 7.91. The van der Waals surface area contributed by atoms with Crippen molar-refractivity contribution in [2.45, 2.75) is 19.0 Å². The van der Waals surface area contributed by atoms with Crippen molar-refractivity contribution in [3.8, 4) is 0 Å². The molecule has 0 unspecified atom stereocenters. The number of hydrogen-bond donors (Lipinski definition) is 1. The monoisotopic (exact) mass is 376 g/mol. The van der Waals surface area contributed by atoms with Crippen LogP contribution in [-0.4, -0.2) is 43.3 Å². The molecule has 1 amide bonds. The Hall–Kier alpha value is -2.25. The van der Waals surface area contributed by atoms with Gasteiger partial charge in [0, 0.05) is 12.6 Å². The number of rotatable bonds is 6. The summed E-state index contributed by atoms with van der Waals surface area (Å²) in [6.45, 7) is 0.467. The molecule has 0 bridgehead atoms. The summed E-state index contributed by atoms with van der Waals surface area (Å²) in [5.74, 6) is -0.681. The van der Waals surface area contributed by atoms with Crippen LogP contribution in [0.1, 0.15) is 12.0 Å². The van der Waals surface area contributed by atoms with Crippen molar-refractivity contribution in [1.29, 1.82) is 0 Å². The number of nitrogens with zero attached hydrogens (tertiary/aromatic N) is 1. The van der Waals surface area contributed by atoms with Gasteiger partial charge in [-0.25, -0.2) is 12.8 Å². The van der Waals surface area contributed by atoms with E-state index in [-0.39, 0.29) is 35.7 Å². The second-order valence-electron chi connectivity index (χ2n) is 6.48. The van der Waals surface area contributed by atoms with E-state index in [1.807, 2.05) is 35.2 Å². The molecule has 138 valence electrons. The van der Waals surface area contributed by atoms with Crippen molar-refractivity contribution in [1.82, 2.24) is 4.90 Å². The van der Waals surface area contributed by atoms with Crippen LogP contribution in [0.4, 0.5) is 10.1 Å². The van der Waals surface area contributed by atoms with Gasteiger partial charge in [0.2, 0.25) is 5.91 Å². The molecule has 2 aromatic carbocycles. The first-order valence-electron chi connectivity index (χ1n) is 8.46. The molecule has 1 aliphatic heterocycles. The van der Waals surface area contributed by atoms with E-state index in [4.69, 9.17) is 0 Å². The molecular weight excluding hydrogens is 355 g/mol. The SMILES string of the molecule is O=C(CN(Cc1ccccc1)[C@@H]1CCS(=O)(=O)C1)Nc1ccccc1F. The largest absolute Gasteiger partial charge is 0.322 e. The fourth-order valence-electron chi connectivity index (χ4n) is 3.13. The smallest absolute Gasteiger partial charge is 0.238 e. The van der Waals surface area contributed by atoms with Crippen LogP contribution >= 0.6 is 0 Å². The Morgan fingerprint density at radius 2 is 1.81 bits per heavy atom. The number of carbonyl (C=O) groups is 1. The van der Waals surface area contributed by atoms with Gasteiger partial charge in [0.1, 0.15) is 5.82 Å². The van der Waals surface area contributed by atoms with Crippen molar-refractivity contribution in [2.75, 3.05) is 23.4 Å². The van der Waals surface area contributed by atoms with Crippen LogP contribution in [0.2, 0.25) is 0 Å². The highest BCUT2D eigenvalue weighted by atomic mass is 32.2. The van der Waals surface area contributed by atoms with Crippen molar-refractivity contribution in [3.63, 3.8) is 0 Å². The molecule has 1 fully saturated rings. The van der Waals surface area contributed by atoms with E-state index in [2.05, 4.69) is 5.32 Å². The molecule has 1 saturated heterocycles. The lowest BCUT2D eigenvalue weighted by Crippen LogP contribution is -2.41. The van der Waals surface area contributed by atoms with E-state index in [1.54, 1.807) is 12.1 Å². The van der Waals surface area contributed by atoms with E-state index in [0.29, 0.717) is 13.0 Å². The first-order valence-corrected chi connectivity index (χ1v) is 10.3. The third-order valence-corrected chi connectivity index (χ3v) is 6.20. The first kappa shape index (κ1) is 18.5. The second-order valence-corrected chi connectivity index (χ2v) is 8.70. The number of hydrogen-bond acceptors (Lipinski definition) is 4. The molecule has 0 radical (unpaired) electrons. The van der Waals surface area contributed by atoms with Crippen molar-refractivity contribution >= 4 is 21.4 Å². The predicted octanol–water partition coefficient (Wildman–Crippen LogP) is 2.45. The van der Waals surface area contributed by atoms with Gasteiger partial charge in [0.05, 0.1) is 23.7 Å². The third-order valence-electron chi connectivity index (χ3n) is 4.45. The van der Waals surface area contributed by atoms with Crippen molar-refractivity contribution < 1.29 is 17.6 Å². The van der Waals surface area contributed by atoms with Crippen LogP contribution in [0.25, 0.3) is 0 Å². The Balaban J connectivity index is 1.72. The summed E-state index contributed by atoms with van der Waals surface area (Å²) in [5.41, 5.74) is 1.12. The van der Waals surface area contributed by atoms with Gasteiger partial charge in [-0.15, -0.1) is 0 Å². The van der Waals surface area contributed by atoms with Gasteiger partial charge in [-0.1, -0.05) is 42.5 Å². The normalized spacial score (nSPS) is 18.8. The zero-order chi connectivity index (χ0) is 18.6. The summed E-state index contributed by atoms with van der Waals surface area (Å²) in [6.07, 6.45) is 0.502. The summed E-state index contributed by atoms with van der Waals surface area (Å²) in [4.78, 5) is 14.3. The van der Waals surface area contributed by atoms with Crippen LogP contribution in [-0.2, 0) is 21.2 Å². The number of carbonyl (C=O) groups excluding carboxylic acids is 1. The summed E-state index contributed by atoms with van der Waals surface area (Å²) in [6, 6.07) is 15.3. The Morgan fingerprint density at radius 1 is 1.12 bits per heavy atom. The average molecular weight is 376 g/mol. The minimum Gasteiger partial charge on any atom is -0.322 e. The van der Waals surface area contributed by atoms with Gasteiger partial charge in [-0.05, 0) is 24.1 Å². The number of sulfone groups is 1. The lowest BCUT2D eigenvalue weighted by molar-refractivity contribution is -0.117. The maximum absolute atomic E-state index is 13.7. The Morgan fingerprint density at radius 3 is 2.46 bits per heavy atom. The van der Waals surface area contributed by atoms with Crippen molar-refractivity contribution in [2.24, 2.45) is 0 Å². The van der Waals surface area contributed by atoms with Crippen LogP contribution in [0, 0.1) is 5.82 Å². The quantitative estimate of drug-likeness (QED) is 0.841. The molecule has 26 heavy (non-hydrogen) atoms. The minimum atomic E-state index is -3.07. The van der Waals surface area contributed by atoms with E-state index >= 15 is 0 Å². The maximum Gasteiger partial charge on any atom is 0.238 e. The fourth-order valence-corrected chi connectivity index (χ4v) is 4.89. The van der Waals surface area contributed by atoms with Gasteiger partial charge in [-0.2, -0.15) is 0 Å². The zero-order valence-corrected chi connectivity index (χ0v) is 15.1. The molecule has 1 heterocycles. The number of halogens is 1. The summed E-state index contributed by atoms with van der Waals surface area (Å²) >= 11 is 0. The van der Waals surface area contributed by atoms with E-state index < -0.39 is 15.7 Å². The molecule has 0 saturated carbocycles. The Bertz CT molecular complexity index is 871. The zero-order valence-electron chi connectivity index (χ0n) is 14.3. The van der Waals surface area contributed by atoms with E-state index in [9.17, 15) is 17.6 Å². The average Bonchev–Trinajstić information content (AvgIpc) is 2.97. The Labute approximate surface area is 152 Å². The van der Waals surface area contributed by atoms with E-state index in [0.717, 1.165) is 5.56 Å². The standard InChI is InChI=1S/C19H21FN2O3S/c20-17-8-4-5-9-18(17)21-19(23)13-22(12-15-6-2-1-3-7-15)16-10-11-26(24,25)14-16/h1-9,16H,10-14H2,(H,21,23)/t16-/m1/s1. The van der Waals surface area contributed by atoms with Crippen LogP contribution < -0.4 is 5.32 Å². The molecule has 7 heteroatoms. The summed E-state index contributed by atoms with van der Waals surface area (Å²) in [7, 11) is -3.07. The molecule has 2 aromatic rings. The van der Waals surface area contributed by atoms with Crippen LogP contribution in [0.3, 0.4) is 0 Å². The number of anilines is 1. The maximum atomic E-state index is 13.7. The number of para-hydroxylation sites is 1. The summed E-state index contributed by atoms with van der Waals surface area (Å²) < 4.78 is 37.4. The van der Waals surface area contributed by atoms with Gasteiger partial charge in [0.25, 0.3) is 0 Å². The topological polar surface area (TPSA) is 66.5 Å². The summed E-state index contributed by atoms with van der Waals surface area (Å²) in [5, 5.41) is 2.57. The number of nitrogens with one attached hydrogen (secondary N) is 1. The first-order chi connectivity index (χ1) is 12.4. The predicted molar refractivity (Wildman–Crippen MR) is 98.9 cm³/mol. The van der Waals surface area contributed by atoms with Crippen molar-refractivity contribution in [3.05, 3.63) is 66.0 Å². The molecule has 1 atom stereocenters. The molecule has 0 aliphatic carbocycles. The molecular formula is C19H21FN2O3S. The highest BCUT2D eigenvalue weighted by Crippen LogP contribution is 2.20. The number of amides is 1. The van der Waals surface area contributed by atoms with Gasteiger partial charge in [-0.3, -0.25) is 9.69 Å². The van der Waals surface area contributed by atoms with Crippen LogP contribution in [0.15, 0.2) is 54.6 Å². The lowest BCUT2D eigenvalue weighted by Gasteiger charge is -2.27. The molecule has 0 spiro atoms. The minimum absolute atomic E-state index is 0.00339. The Kier molecular flexibility index (Phi) is 5.68. The van der Waals surface area contributed by atoms with Gasteiger partial charge in [0.15, 0.2) is 9.84 Å². The molecule has 1 aliphatic rings. The fraction of sp³-hybridized carbons (Fsp3) is 0.316.